The minimum absolute atomic E-state index is 0.0215. The van der Waals surface area contributed by atoms with Crippen molar-refractivity contribution in [3.05, 3.63) is 30.1 Å². The standard InChI is InChI=1S/C24H37N3O4/c1-15(22(29)26-13-14-31-4)17-8-10-24(3)11-9-18(16(2)20(24)21(17)28)27-23(30)19-7-5-6-12-25-19/h5-7,12,15-18,20-21,28H,8-11,13-14H2,1-4H3,(H,26,29)(H,27,30). The molecule has 7 unspecified atom stereocenters. The molecule has 2 aliphatic rings. The fourth-order valence-corrected chi connectivity index (χ4v) is 5.87. The van der Waals surface area contributed by atoms with Gasteiger partial charge in [-0.25, -0.2) is 0 Å². The van der Waals surface area contributed by atoms with E-state index in [0.29, 0.717) is 18.8 Å². The maximum Gasteiger partial charge on any atom is 0.270 e. The molecule has 0 spiro atoms. The lowest BCUT2D eigenvalue weighted by molar-refractivity contribution is -0.142. The van der Waals surface area contributed by atoms with E-state index >= 15 is 0 Å². The normalized spacial score (nSPS) is 33.8. The Hall–Kier alpha value is -1.99. The number of carbonyl (C=O) groups is 2. The zero-order valence-corrected chi connectivity index (χ0v) is 19.1. The molecule has 0 aliphatic heterocycles. The van der Waals surface area contributed by atoms with Crippen molar-refractivity contribution in [3.8, 4) is 0 Å². The third-order valence-corrected chi connectivity index (χ3v) is 7.76. The molecule has 2 saturated carbocycles. The third-order valence-electron chi connectivity index (χ3n) is 7.76. The lowest BCUT2D eigenvalue weighted by Crippen LogP contribution is -2.58. The van der Waals surface area contributed by atoms with Crippen molar-refractivity contribution >= 4 is 11.8 Å². The van der Waals surface area contributed by atoms with Crippen LogP contribution in [0.5, 0.6) is 0 Å². The van der Waals surface area contributed by atoms with Gasteiger partial charge in [-0.2, -0.15) is 0 Å². The van der Waals surface area contributed by atoms with Crippen LogP contribution >= 0.6 is 0 Å². The SMILES string of the molecule is COCCNC(=O)C(C)C1CCC2(C)CCC(NC(=O)c3ccccn3)C(C)C2C1O. The highest BCUT2D eigenvalue weighted by molar-refractivity contribution is 5.92. The Labute approximate surface area is 185 Å². The lowest BCUT2D eigenvalue weighted by atomic mass is 9.51. The summed E-state index contributed by atoms with van der Waals surface area (Å²) in [5.74, 6) is -0.432. The number of carbonyl (C=O) groups excluding carboxylic acids is 2. The fraction of sp³-hybridized carbons (Fsp3) is 0.708. The number of fused-ring (bicyclic) bond motifs is 1. The molecule has 172 valence electrons. The summed E-state index contributed by atoms with van der Waals surface area (Å²) in [5.41, 5.74) is 0.430. The molecule has 31 heavy (non-hydrogen) atoms. The van der Waals surface area contributed by atoms with Gasteiger partial charge in [-0.05, 0) is 61.0 Å². The van der Waals surface area contributed by atoms with E-state index in [4.69, 9.17) is 4.74 Å². The van der Waals surface area contributed by atoms with Gasteiger partial charge in [0, 0.05) is 31.8 Å². The quantitative estimate of drug-likeness (QED) is 0.576. The molecule has 0 radical (unpaired) electrons. The molecular weight excluding hydrogens is 394 g/mol. The Morgan fingerprint density at radius 1 is 1.32 bits per heavy atom. The number of methoxy groups -OCH3 is 1. The summed E-state index contributed by atoms with van der Waals surface area (Å²) in [6.45, 7) is 7.24. The smallest absolute Gasteiger partial charge is 0.270 e. The molecule has 7 heteroatoms. The number of nitrogens with one attached hydrogen (secondary N) is 2. The van der Waals surface area contributed by atoms with Crippen LogP contribution in [0.2, 0.25) is 0 Å². The van der Waals surface area contributed by atoms with Crippen molar-refractivity contribution < 1.29 is 19.4 Å². The summed E-state index contributed by atoms with van der Waals surface area (Å²) < 4.78 is 5.01. The molecule has 0 saturated heterocycles. The molecule has 1 aromatic heterocycles. The minimum atomic E-state index is -0.577. The van der Waals surface area contributed by atoms with Crippen molar-refractivity contribution in [2.24, 2.45) is 29.1 Å². The van der Waals surface area contributed by atoms with Gasteiger partial charge in [-0.15, -0.1) is 0 Å². The largest absolute Gasteiger partial charge is 0.392 e. The van der Waals surface area contributed by atoms with Crippen molar-refractivity contribution in [1.29, 1.82) is 0 Å². The maximum atomic E-state index is 12.7. The monoisotopic (exact) mass is 431 g/mol. The summed E-state index contributed by atoms with van der Waals surface area (Å²) in [5, 5.41) is 17.5. The van der Waals surface area contributed by atoms with Crippen molar-refractivity contribution in [1.82, 2.24) is 15.6 Å². The molecular formula is C24H37N3O4. The van der Waals surface area contributed by atoms with Gasteiger partial charge in [0.15, 0.2) is 0 Å². The predicted octanol–water partition coefficient (Wildman–Crippen LogP) is 2.40. The molecule has 0 aromatic carbocycles. The van der Waals surface area contributed by atoms with E-state index in [2.05, 4.69) is 29.5 Å². The number of pyridine rings is 1. The summed E-state index contributed by atoms with van der Waals surface area (Å²) in [4.78, 5) is 29.4. The Morgan fingerprint density at radius 2 is 2.06 bits per heavy atom. The zero-order chi connectivity index (χ0) is 22.6. The van der Waals surface area contributed by atoms with Crippen LogP contribution in [0.25, 0.3) is 0 Å². The molecule has 1 heterocycles. The highest BCUT2D eigenvalue weighted by Crippen LogP contribution is 2.55. The van der Waals surface area contributed by atoms with E-state index in [1.54, 1.807) is 31.5 Å². The second-order valence-corrected chi connectivity index (χ2v) is 9.64. The van der Waals surface area contributed by atoms with Crippen LogP contribution < -0.4 is 10.6 Å². The molecule has 0 bridgehead atoms. The summed E-state index contributed by atoms with van der Waals surface area (Å²) in [6, 6.07) is 5.28. The number of ether oxygens (including phenoxy) is 1. The first-order valence-electron chi connectivity index (χ1n) is 11.4. The number of aliphatic hydroxyl groups excluding tert-OH is 1. The summed E-state index contributed by atoms with van der Waals surface area (Å²) >= 11 is 0. The van der Waals surface area contributed by atoms with Gasteiger partial charge < -0.3 is 20.5 Å². The summed E-state index contributed by atoms with van der Waals surface area (Å²) in [6.07, 6.45) is 4.70. The number of rotatable bonds is 7. The van der Waals surface area contributed by atoms with E-state index in [0.717, 1.165) is 25.7 Å². The van der Waals surface area contributed by atoms with E-state index in [1.807, 2.05) is 6.92 Å². The molecule has 3 N–H and O–H groups in total. The van der Waals surface area contributed by atoms with E-state index in [1.165, 1.54) is 0 Å². The van der Waals surface area contributed by atoms with Gasteiger partial charge in [0.25, 0.3) is 5.91 Å². The first kappa shape index (κ1) is 23.7. The van der Waals surface area contributed by atoms with Crippen LogP contribution in [0.1, 0.15) is 56.9 Å². The number of nitrogens with zero attached hydrogens (tertiary/aromatic N) is 1. The van der Waals surface area contributed by atoms with Crippen LogP contribution in [0.4, 0.5) is 0 Å². The van der Waals surface area contributed by atoms with Gasteiger partial charge in [-0.1, -0.05) is 26.8 Å². The molecule has 3 rings (SSSR count). The van der Waals surface area contributed by atoms with Gasteiger partial charge in [0.05, 0.1) is 12.7 Å². The number of amides is 2. The Kier molecular flexibility index (Phi) is 7.70. The Balaban J connectivity index is 1.70. The van der Waals surface area contributed by atoms with Crippen LogP contribution in [0.15, 0.2) is 24.4 Å². The second kappa shape index (κ2) is 10.1. The van der Waals surface area contributed by atoms with Crippen molar-refractivity contribution in [3.63, 3.8) is 0 Å². The third kappa shape index (κ3) is 5.09. The van der Waals surface area contributed by atoms with Gasteiger partial charge in [0.1, 0.15) is 5.69 Å². The predicted molar refractivity (Wildman–Crippen MR) is 118 cm³/mol. The van der Waals surface area contributed by atoms with Gasteiger partial charge in [0.2, 0.25) is 5.91 Å². The van der Waals surface area contributed by atoms with E-state index in [9.17, 15) is 14.7 Å². The molecule has 2 fully saturated rings. The molecule has 7 atom stereocenters. The Bertz CT molecular complexity index is 758. The average molecular weight is 432 g/mol. The second-order valence-electron chi connectivity index (χ2n) is 9.64. The highest BCUT2D eigenvalue weighted by Gasteiger charge is 2.53. The molecule has 1 aromatic rings. The molecule has 7 nitrogen and oxygen atoms in total. The zero-order valence-electron chi connectivity index (χ0n) is 19.1. The van der Waals surface area contributed by atoms with Crippen molar-refractivity contribution in [2.75, 3.05) is 20.3 Å². The number of aromatic nitrogens is 1. The highest BCUT2D eigenvalue weighted by atomic mass is 16.5. The lowest BCUT2D eigenvalue weighted by Gasteiger charge is -2.56. The summed E-state index contributed by atoms with van der Waals surface area (Å²) in [7, 11) is 1.61. The average Bonchev–Trinajstić information content (AvgIpc) is 2.76. The van der Waals surface area contributed by atoms with Crippen molar-refractivity contribution in [2.45, 2.75) is 58.6 Å². The molecule has 2 amide bonds. The number of hydrogen-bond acceptors (Lipinski definition) is 5. The number of hydrogen-bond donors (Lipinski definition) is 3. The minimum Gasteiger partial charge on any atom is -0.392 e. The van der Waals surface area contributed by atoms with E-state index in [-0.39, 0.29) is 46.9 Å². The van der Waals surface area contributed by atoms with E-state index < -0.39 is 6.10 Å². The topological polar surface area (TPSA) is 101 Å². The number of aliphatic hydroxyl groups is 1. The van der Waals surface area contributed by atoms with Gasteiger partial charge in [-0.3, -0.25) is 14.6 Å². The van der Waals surface area contributed by atoms with Crippen LogP contribution in [0.3, 0.4) is 0 Å². The first-order valence-corrected chi connectivity index (χ1v) is 11.4. The van der Waals surface area contributed by atoms with Crippen LogP contribution in [-0.2, 0) is 9.53 Å². The van der Waals surface area contributed by atoms with Crippen LogP contribution in [0, 0.1) is 29.1 Å². The molecule has 2 aliphatic carbocycles. The fourth-order valence-electron chi connectivity index (χ4n) is 5.87. The Morgan fingerprint density at radius 3 is 2.74 bits per heavy atom. The first-order chi connectivity index (χ1) is 14.8. The maximum absolute atomic E-state index is 12.7. The van der Waals surface area contributed by atoms with Crippen LogP contribution in [-0.4, -0.2) is 54.3 Å². The van der Waals surface area contributed by atoms with Gasteiger partial charge >= 0.3 is 0 Å².